The van der Waals surface area contributed by atoms with Crippen molar-refractivity contribution in [1.82, 2.24) is 4.90 Å². The van der Waals surface area contributed by atoms with Gasteiger partial charge in [-0.25, -0.2) is 0 Å². The highest BCUT2D eigenvalue weighted by Crippen LogP contribution is 2.44. The van der Waals surface area contributed by atoms with Gasteiger partial charge in [-0.05, 0) is 55.2 Å². The lowest BCUT2D eigenvalue weighted by molar-refractivity contribution is -0.159. The highest BCUT2D eigenvalue weighted by Gasteiger charge is 2.52. The minimum absolute atomic E-state index is 0.178. The lowest BCUT2D eigenvalue weighted by atomic mass is 9.88. The van der Waals surface area contributed by atoms with Crippen molar-refractivity contribution in [3.05, 3.63) is 29.3 Å². The predicted molar refractivity (Wildman–Crippen MR) is 85.7 cm³/mol. The van der Waals surface area contributed by atoms with Crippen LogP contribution in [-0.2, 0) is 4.79 Å². The van der Waals surface area contributed by atoms with Crippen LogP contribution in [-0.4, -0.2) is 40.4 Å². The Morgan fingerprint density at radius 1 is 1.33 bits per heavy atom. The van der Waals surface area contributed by atoms with Crippen LogP contribution in [0.2, 0.25) is 5.02 Å². The number of thioether (sulfide) groups is 1. The van der Waals surface area contributed by atoms with Crippen LogP contribution < -0.4 is 0 Å². The molecule has 3 rings (SSSR count). The number of β-amino-alcohol motifs (C(OH)–C–C–N with tert-alkyl or cyclic N) is 1. The van der Waals surface area contributed by atoms with Crippen molar-refractivity contribution in [2.45, 2.75) is 36.2 Å². The molecule has 0 unspecified atom stereocenters. The van der Waals surface area contributed by atoms with E-state index in [0.29, 0.717) is 25.4 Å². The molecule has 0 spiro atoms. The van der Waals surface area contributed by atoms with E-state index in [1.807, 2.05) is 24.3 Å². The number of nitrogens with zero attached hydrogens (tertiary/aromatic N) is 1. The van der Waals surface area contributed by atoms with Crippen molar-refractivity contribution >= 4 is 29.3 Å². The summed E-state index contributed by atoms with van der Waals surface area (Å²) in [5, 5.41) is 10.9. The first-order valence-electron chi connectivity index (χ1n) is 7.45. The van der Waals surface area contributed by atoms with Gasteiger partial charge in [0.15, 0.2) is 0 Å². The summed E-state index contributed by atoms with van der Waals surface area (Å²) in [7, 11) is 0. The standard InChI is InChI=1S/C16H20ClNO2S/c17-13-5-7-14(8-6-13)21-9-1-2-15(19)18-10-16(20,11-18)12-3-4-12/h5-8,12,20H,1-4,9-11H2. The zero-order valence-electron chi connectivity index (χ0n) is 11.9. The van der Waals surface area contributed by atoms with Crippen molar-refractivity contribution < 1.29 is 9.90 Å². The van der Waals surface area contributed by atoms with E-state index >= 15 is 0 Å². The van der Waals surface area contributed by atoms with Crippen LogP contribution in [0.25, 0.3) is 0 Å². The Morgan fingerprint density at radius 3 is 2.62 bits per heavy atom. The summed E-state index contributed by atoms with van der Waals surface area (Å²) in [4.78, 5) is 15.0. The number of carbonyl (C=O) groups excluding carboxylic acids is 1. The molecule has 2 fully saturated rings. The fraction of sp³-hybridized carbons (Fsp3) is 0.562. The summed E-state index contributed by atoms with van der Waals surface area (Å²) < 4.78 is 0. The molecule has 114 valence electrons. The van der Waals surface area contributed by atoms with Crippen LogP contribution >= 0.6 is 23.4 Å². The molecule has 0 aromatic heterocycles. The minimum atomic E-state index is -0.562. The van der Waals surface area contributed by atoms with E-state index in [0.717, 1.165) is 30.0 Å². The van der Waals surface area contributed by atoms with Crippen molar-refractivity contribution in [2.75, 3.05) is 18.8 Å². The Balaban J connectivity index is 1.32. The number of rotatable bonds is 6. The van der Waals surface area contributed by atoms with Crippen LogP contribution in [0.5, 0.6) is 0 Å². The summed E-state index contributed by atoms with van der Waals surface area (Å²) in [5.74, 6) is 1.55. The summed E-state index contributed by atoms with van der Waals surface area (Å²) in [5.41, 5.74) is -0.562. The van der Waals surface area contributed by atoms with E-state index in [1.54, 1.807) is 16.7 Å². The Kier molecular flexibility index (Phi) is 4.48. The van der Waals surface area contributed by atoms with Crippen LogP contribution in [0.1, 0.15) is 25.7 Å². The molecule has 5 heteroatoms. The Morgan fingerprint density at radius 2 is 2.00 bits per heavy atom. The van der Waals surface area contributed by atoms with E-state index in [2.05, 4.69) is 0 Å². The van der Waals surface area contributed by atoms with Gasteiger partial charge in [0.2, 0.25) is 5.91 Å². The van der Waals surface area contributed by atoms with Gasteiger partial charge in [0.1, 0.15) is 5.60 Å². The molecule has 1 saturated carbocycles. The van der Waals surface area contributed by atoms with Gasteiger partial charge in [-0.15, -0.1) is 11.8 Å². The predicted octanol–water partition coefficient (Wildman–Crippen LogP) is 3.20. The summed E-state index contributed by atoms with van der Waals surface area (Å²) in [6, 6.07) is 7.77. The third-order valence-corrected chi connectivity index (χ3v) is 5.59. The van der Waals surface area contributed by atoms with Gasteiger partial charge in [-0.1, -0.05) is 11.6 Å². The Hall–Kier alpha value is -0.710. The van der Waals surface area contributed by atoms with Gasteiger partial charge in [0.05, 0.1) is 13.1 Å². The van der Waals surface area contributed by atoms with Crippen molar-refractivity contribution in [3.8, 4) is 0 Å². The number of aliphatic hydroxyl groups is 1. The molecule has 1 amide bonds. The first kappa shape index (κ1) is 15.2. The van der Waals surface area contributed by atoms with Crippen LogP contribution in [0.3, 0.4) is 0 Å². The number of halogens is 1. The molecule has 2 aliphatic rings. The molecule has 1 aliphatic carbocycles. The zero-order chi connectivity index (χ0) is 14.9. The highest BCUT2D eigenvalue weighted by atomic mass is 35.5. The maximum absolute atomic E-state index is 12.0. The number of amides is 1. The van der Waals surface area contributed by atoms with E-state index in [-0.39, 0.29) is 5.91 Å². The molecule has 1 N–H and O–H groups in total. The van der Waals surface area contributed by atoms with Crippen molar-refractivity contribution in [1.29, 1.82) is 0 Å². The normalized spacial score (nSPS) is 20.2. The third kappa shape index (κ3) is 3.74. The van der Waals surface area contributed by atoms with E-state index in [4.69, 9.17) is 11.6 Å². The largest absolute Gasteiger partial charge is 0.386 e. The molecule has 0 radical (unpaired) electrons. The van der Waals surface area contributed by atoms with Crippen LogP contribution in [0.4, 0.5) is 0 Å². The maximum atomic E-state index is 12.0. The fourth-order valence-corrected chi connectivity index (χ4v) is 3.75. The maximum Gasteiger partial charge on any atom is 0.222 e. The van der Waals surface area contributed by atoms with Gasteiger partial charge in [-0.3, -0.25) is 4.79 Å². The molecule has 0 atom stereocenters. The first-order chi connectivity index (χ1) is 10.1. The van der Waals surface area contributed by atoms with E-state index in [1.165, 1.54) is 4.90 Å². The number of likely N-dealkylation sites (tertiary alicyclic amines) is 1. The second kappa shape index (κ2) is 6.19. The monoisotopic (exact) mass is 325 g/mol. The van der Waals surface area contributed by atoms with Crippen molar-refractivity contribution in [2.24, 2.45) is 5.92 Å². The van der Waals surface area contributed by atoms with Gasteiger partial charge >= 0.3 is 0 Å². The number of carbonyl (C=O) groups is 1. The lowest BCUT2D eigenvalue weighted by Gasteiger charge is -2.47. The average molecular weight is 326 g/mol. The zero-order valence-corrected chi connectivity index (χ0v) is 13.5. The van der Waals surface area contributed by atoms with Gasteiger partial charge < -0.3 is 10.0 Å². The first-order valence-corrected chi connectivity index (χ1v) is 8.82. The van der Waals surface area contributed by atoms with Gasteiger partial charge in [-0.2, -0.15) is 0 Å². The van der Waals surface area contributed by atoms with E-state index in [9.17, 15) is 9.90 Å². The van der Waals surface area contributed by atoms with Crippen molar-refractivity contribution in [3.63, 3.8) is 0 Å². The lowest BCUT2D eigenvalue weighted by Crippen LogP contribution is -2.64. The quantitative estimate of drug-likeness (QED) is 0.645. The molecule has 3 nitrogen and oxygen atoms in total. The number of benzene rings is 1. The second-order valence-electron chi connectivity index (χ2n) is 6.03. The molecule has 1 aromatic rings. The molecular weight excluding hydrogens is 306 g/mol. The number of hydrogen-bond donors (Lipinski definition) is 1. The molecule has 21 heavy (non-hydrogen) atoms. The molecule has 1 heterocycles. The minimum Gasteiger partial charge on any atom is -0.386 e. The molecule has 1 aromatic carbocycles. The van der Waals surface area contributed by atoms with Gasteiger partial charge in [0, 0.05) is 16.3 Å². The topological polar surface area (TPSA) is 40.5 Å². The van der Waals surface area contributed by atoms with E-state index < -0.39 is 5.60 Å². The van der Waals surface area contributed by atoms with Crippen LogP contribution in [0.15, 0.2) is 29.2 Å². The Labute approximate surface area is 134 Å². The second-order valence-corrected chi connectivity index (χ2v) is 7.64. The molecule has 1 saturated heterocycles. The Bertz CT molecular complexity index is 510. The van der Waals surface area contributed by atoms with Crippen LogP contribution in [0, 0.1) is 5.92 Å². The smallest absolute Gasteiger partial charge is 0.222 e. The summed E-state index contributed by atoms with van der Waals surface area (Å²) in [6.07, 6.45) is 3.68. The highest BCUT2D eigenvalue weighted by molar-refractivity contribution is 7.99. The molecule has 0 bridgehead atoms. The van der Waals surface area contributed by atoms with Gasteiger partial charge in [0.25, 0.3) is 0 Å². The SMILES string of the molecule is O=C(CCCSc1ccc(Cl)cc1)N1CC(O)(C2CC2)C1. The number of hydrogen-bond acceptors (Lipinski definition) is 3. The third-order valence-electron chi connectivity index (χ3n) is 4.24. The average Bonchev–Trinajstić information content (AvgIpc) is 3.26. The summed E-state index contributed by atoms with van der Waals surface area (Å²) >= 11 is 7.59. The molecule has 1 aliphatic heterocycles. The fourth-order valence-electron chi connectivity index (χ4n) is 2.77. The summed E-state index contributed by atoms with van der Waals surface area (Å²) in [6.45, 7) is 1.08. The molecular formula is C16H20ClNO2S.